The van der Waals surface area contributed by atoms with Gasteiger partial charge in [-0.2, -0.15) is 0 Å². The molecule has 4 aromatic carbocycles. The number of benzene rings is 4. The molecule has 0 saturated heterocycles. The highest BCUT2D eigenvalue weighted by Gasteiger charge is 2.30. The number of ether oxygens (including phenoxy) is 4. The lowest BCUT2D eigenvalue weighted by atomic mass is 9.97. The van der Waals surface area contributed by atoms with E-state index >= 15 is 0 Å². The Balaban J connectivity index is 1.36. The van der Waals surface area contributed by atoms with E-state index in [1.54, 1.807) is 42.5 Å². The predicted molar refractivity (Wildman–Crippen MR) is 199 cm³/mol. The highest BCUT2D eigenvalue weighted by Crippen LogP contribution is 2.33. The smallest absolute Gasteiger partial charge is 0.144 e. The molecular weight excluding hydrogens is 640 g/mol. The number of aliphatic hydroxyl groups is 3. The van der Waals surface area contributed by atoms with Crippen LogP contribution in [0.3, 0.4) is 0 Å². The van der Waals surface area contributed by atoms with Crippen molar-refractivity contribution in [2.75, 3.05) is 105 Å². The molecule has 13 heteroatoms. The first-order chi connectivity index (χ1) is 24.3. The highest BCUT2D eigenvalue weighted by atomic mass is 16.6. The summed E-state index contributed by atoms with van der Waals surface area (Å²) in [6, 6.07) is 26.6. The minimum Gasteiger partial charge on any atom is -0.491 e. The lowest BCUT2D eigenvalue weighted by Gasteiger charge is -2.39. The summed E-state index contributed by atoms with van der Waals surface area (Å²) >= 11 is 0. The summed E-state index contributed by atoms with van der Waals surface area (Å²) in [5.74, 6) is 1.13. The van der Waals surface area contributed by atoms with Gasteiger partial charge >= 0.3 is 0 Å². The molecule has 0 saturated carbocycles. The monoisotopic (exact) mass is 690 g/mol. The van der Waals surface area contributed by atoms with Crippen LogP contribution in [0.2, 0.25) is 0 Å². The third-order valence-corrected chi connectivity index (χ3v) is 7.89. The molecule has 2 atom stereocenters. The van der Waals surface area contributed by atoms with Crippen LogP contribution in [0, 0.1) is 0 Å². The Kier molecular flexibility index (Phi) is 15.1. The fourth-order valence-corrected chi connectivity index (χ4v) is 5.48. The van der Waals surface area contributed by atoms with Crippen LogP contribution in [0.25, 0.3) is 0 Å². The van der Waals surface area contributed by atoms with E-state index in [-0.39, 0.29) is 26.3 Å². The van der Waals surface area contributed by atoms with Crippen LogP contribution in [0.1, 0.15) is 11.6 Å². The first-order valence-corrected chi connectivity index (χ1v) is 16.6. The molecule has 0 aliphatic carbocycles. The van der Waals surface area contributed by atoms with Crippen molar-refractivity contribution in [3.05, 3.63) is 96.6 Å². The molecule has 0 heterocycles. The van der Waals surface area contributed by atoms with Gasteiger partial charge in [-0.1, -0.05) is 12.1 Å². The summed E-state index contributed by atoms with van der Waals surface area (Å²) in [7, 11) is 0. The van der Waals surface area contributed by atoms with Crippen LogP contribution in [0.5, 0.6) is 11.5 Å². The third-order valence-electron chi connectivity index (χ3n) is 7.89. The summed E-state index contributed by atoms with van der Waals surface area (Å²) in [6.07, 6.45) is -0.963. The molecule has 11 N–H and O–H groups in total. The Hall–Kier alpha value is -4.92. The second-order valence-electron chi connectivity index (χ2n) is 11.6. The average molecular weight is 691 g/mol. The second-order valence-corrected chi connectivity index (χ2v) is 11.6. The Morgan fingerprint density at radius 1 is 0.600 bits per heavy atom. The van der Waals surface area contributed by atoms with Crippen molar-refractivity contribution < 1.29 is 34.3 Å². The van der Waals surface area contributed by atoms with Crippen molar-refractivity contribution in [1.29, 1.82) is 0 Å². The first kappa shape index (κ1) is 37.9. The van der Waals surface area contributed by atoms with E-state index in [2.05, 4.69) is 0 Å². The van der Waals surface area contributed by atoms with Gasteiger partial charge in [0.1, 0.15) is 24.7 Å². The van der Waals surface area contributed by atoms with Gasteiger partial charge in [-0.25, -0.2) is 0 Å². The van der Waals surface area contributed by atoms with Crippen LogP contribution >= 0.6 is 0 Å². The number of hydrogen-bond donors (Lipinski definition) is 7. The van der Waals surface area contributed by atoms with Crippen LogP contribution in [0.4, 0.5) is 34.1 Å². The minimum absolute atomic E-state index is 0.105. The maximum absolute atomic E-state index is 11.9. The molecule has 4 rings (SSSR count). The van der Waals surface area contributed by atoms with Crippen molar-refractivity contribution in [2.24, 2.45) is 0 Å². The number of anilines is 6. The number of hydrogen-bond acceptors (Lipinski definition) is 13. The lowest BCUT2D eigenvalue weighted by Crippen LogP contribution is -2.45. The van der Waals surface area contributed by atoms with Crippen molar-refractivity contribution in [1.82, 2.24) is 0 Å². The molecule has 0 aliphatic rings. The highest BCUT2D eigenvalue weighted by molar-refractivity contribution is 5.60. The maximum atomic E-state index is 11.9. The van der Waals surface area contributed by atoms with Crippen molar-refractivity contribution >= 4 is 34.1 Å². The van der Waals surface area contributed by atoms with E-state index in [0.29, 0.717) is 80.4 Å². The zero-order valence-corrected chi connectivity index (χ0v) is 28.3. The molecular formula is C37H50N6O7. The Morgan fingerprint density at radius 3 is 1.82 bits per heavy atom. The van der Waals surface area contributed by atoms with E-state index in [9.17, 15) is 15.3 Å². The number of nitrogen functional groups attached to an aromatic ring is 4. The Morgan fingerprint density at radius 2 is 1.18 bits per heavy atom. The molecule has 2 unspecified atom stereocenters. The second kappa shape index (κ2) is 19.9. The fourth-order valence-electron chi connectivity index (χ4n) is 5.48. The number of nitrogens with two attached hydrogens (primary N) is 4. The molecule has 0 radical (unpaired) electrons. The SMILES string of the molecule is Nc1ccc(N(CCO)CC(O)C(c2cccc(OCCOCCOCCOc3cc(N)ccc3N)c2)N(CCO)c2ccc(N)cc2)cc1. The minimum atomic E-state index is -0.963. The van der Waals surface area contributed by atoms with Gasteiger partial charge in [0.15, 0.2) is 0 Å². The van der Waals surface area contributed by atoms with Crippen LogP contribution < -0.4 is 42.2 Å². The van der Waals surface area contributed by atoms with Gasteiger partial charge in [0.05, 0.1) is 57.5 Å². The molecule has 4 aromatic rings. The Labute approximate surface area is 293 Å². The summed E-state index contributed by atoms with van der Waals surface area (Å²) in [5.41, 5.74) is 28.2. The largest absolute Gasteiger partial charge is 0.491 e. The Bertz CT molecular complexity index is 1560. The van der Waals surface area contributed by atoms with Gasteiger partial charge in [-0.3, -0.25) is 0 Å². The molecule has 0 aromatic heterocycles. The number of rotatable bonds is 22. The van der Waals surface area contributed by atoms with Crippen molar-refractivity contribution in [2.45, 2.75) is 12.1 Å². The maximum Gasteiger partial charge on any atom is 0.144 e. The molecule has 0 amide bonds. The van der Waals surface area contributed by atoms with E-state index in [0.717, 1.165) is 16.9 Å². The van der Waals surface area contributed by atoms with Gasteiger partial charge in [-0.15, -0.1) is 0 Å². The average Bonchev–Trinajstić information content (AvgIpc) is 3.11. The van der Waals surface area contributed by atoms with Gasteiger partial charge in [0, 0.05) is 54.1 Å². The number of nitrogens with zero attached hydrogens (tertiary/aromatic N) is 2. The molecule has 13 nitrogen and oxygen atoms in total. The third kappa shape index (κ3) is 11.6. The van der Waals surface area contributed by atoms with E-state index < -0.39 is 12.1 Å². The summed E-state index contributed by atoms with van der Waals surface area (Å²) < 4.78 is 22.9. The summed E-state index contributed by atoms with van der Waals surface area (Å²) in [4.78, 5) is 3.85. The van der Waals surface area contributed by atoms with Gasteiger partial charge < -0.3 is 67.0 Å². The summed E-state index contributed by atoms with van der Waals surface area (Å²) in [5, 5.41) is 31.9. The fraction of sp³-hybridized carbons (Fsp3) is 0.351. The molecule has 0 fully saturated rings. The molecule has 50 heavy (non-hydrogen) atoms. The van der Waals surface area contributed by atoms with E-state index in [1.807, 2.05) is 58.3 Å². The van der Waals surface area contributed by atoms with Crippen molar-refractivity contribution in [3.8, 4) is 11.5 Å². The topological polar surface area (TPSA) is 208 Å². The normalized spacial score (nSPS) is 12.3. The standard InChI is InChI=1S/C37H50N6O7/c38-28-4-9-31(10-5-28)42(14-16-44)26-35(46)37(43(15-17-45)32-11-6-29(39)7-12-32)27-2-1-3-33(24-27)49-22-20-47-18-19-48-21-23-50-36-25-30(40)8-13-34(36)41/h1-13,24-25,35,37,44-46H,14-23,26,38-41H2. The molecule has 270 valence electrons. The van der Waals surface area contributed by atoms with Gasteiger partial charge in [0.25, 0.3) is 0 Å². The van der Waals surface area contributed by atoms with Gasteiger partial charge in [0.2, 0.25) is 0 Å². The molecule has 0 bridgehead atoms. The van der Waals surface area contributed by atoms with E-state index in [4.69, 9.17) is 41.9 Å². The summed E-state index contributed by atoms with van der Waals surface area (Å²) in [6.45, 7) is 2.60. The van der Waals surface area contributed by atoms with Crippen LogP contribution in [-0.4, -0.2) is 93.9 Å². The predicted octanol–water partition coefficient (Wildman–Crippen LogP) is 2.91. The number of aliphatic hydroxyl groups excluding tert-OH is 3. The first-order valence-electron chi connectivity index (χ1n) is 16.6. The molecule has 0 spiro atoms. The quantitative estimate of drug-likeness (QED) is 0.0468. The van der Waals surface area contributed by atoms with Crippen LogP contribution in [0.15, 0.2) is 91.0 Å². The van der Waals surface area contributed by atoms with Crippen molar-refractivity contribution in [3.63, 3.8) is 0 Å². The van der Waals surface area contributed by atoms with E-state index in [1.165, 1.54) is 0 Å². The zero-order valence-electron chi connectivity index (χ0n) is 28.3. The van der Waals surface area contributed by atoms with Crippen LogP contribution in [-0.2, 0) is 9.47 Å². The zero-order chi connectivity index (χ0) is 35.7. The van der Waals surface area contributed by atoms with Gasteiger partial charge in [-0.05, 0) is 78.4 Å². The lowest BCUT2D eigenvalue weighted by molar-refractivity contribution is 0.0274. The molecule has 0 aliphatic heterocycles.